The molecule has 1 atom stereocenters. The van der Waals surface area contributed by atoms with E-state index < -0.39 is 0 Å². The highest BCUT2D eigenvalue weighted by molar-refractivity contribution is 6.31. The van der Waals surface area contributed by atoms with Gasteiger partial charge in [0.2, 0.25) is 0 Å². The van der Waals surface area contributed by atoms with Crippen LogP contribution in [0.1, 0.15) is 23.2 Å². The van der Waals surface area contributed by atoms with Crippen LogP contribution in [0, 0.1) is 5.92 Å². The minimum atomic E-state index is -0.326. The summed E-state index contributed by atoms with van der Waals surface area (Å²) in [5, 5.41) is 0.507. The van der Waals surface area contributed by atoms with Gasteiger partial charge in [-0.15, -0.1) is 0 Å². The first-order valence-electron chi connectivity index (χ1n) is 7.26. The van der Waals surface area contributed by atoms with E-state index in [-0.39, 0.29) is 12.1 Å². The molecule has 0 aliphatic carbocycles. The molecule has 3 aliphatic rings. The molecule has 1 N–H and O–H groups in total. The Kier molecular flexibility index (Phi) is 3.12. The largest absolute Gasteiger partial charge is 0.457 e. The topological polar surface area (TPSA) is 58.2 Å². The molecule has 2 bridgehead atoms. The van der Waals surface area contributed by atoms with Crippen LogP contribution in [0.5, 0.6) is 0 Å². The molecule has 110 valence electrons. The fourth-order valence-corrected chi connectivity index (χ4v) is 3.63. The first-order valence-corrected chi connectivity index (χ1v) is 7.64. The van der Waals surface area contributed by atoms with Crippen LogP contribution in [-0.2, 0) is 4.74 Å². The van der Waals surface area contributed by atoms with E-state index in [1.54, 1.807) is 18.5 Å². The molecule has 0 amide bonds. The van der Waals surface area contributed by atoms with E-state index in [0.29, 0.717) is 22.0 Å². The number of hydrogen-bond donors (Lipinski definition) is 1. The Balaban J connectivity index is 1.60. The van der Waals surface area contributed by atoms with Crippen molar-refractivity contribution >= 4 is 28.6 Å². The van der Waals surface area contributed by atoms with Crippen molar-refractivity contribution in [2.45, 2.75) is 18.9 Å². The number of hydrogen-bond acceptors (Lipinski definition) is 4. The van der Waals surface area contributed by atoms with Crippen molar-refractivity contribution in [2.24, 2.45) is 5.92 Å². The maximum Gasteiger partial charge on any atom is 0.340 e. The summed E-state index contributed by atoms with van der Waals surface area (Å²) in [7, 11) is 0. The van der Waals surface area contributed by atoms with Crippen molar-refractivity contribution in [3.63, 3.8) is 0 Å². The molecule has 0 saturated carbocycles. The number of benzene rings is 1. The number of aromatic amines is 1. The minimum absolute atomic E-state index is 0.00651. The molecule has 3 saturated heterocycles. The Labute approximate surface area is 127 Å². The fourth-order valence-electron chi connectivity index (χ4n) is 3.42. The Bertz CT molecular complexity index is 691. The number of halogens is 1. The number of carbonyl (C=O) groups is 1. The number of esters is 1. The third-order valence-corrected chi connectivity index (χ3v) is 4.78. The lowest BCUT2D eigenvalue weighted by Crippen LogP contribution is -2.51. The second kappa shape index (κ2) is 5.00. The number of carbonyl (C=O) groups excluding carboxylic acids is 1. The van der Waals surface area contributed by atoms with Crippen LogP contribution in [0.4, 0.5) is 0 Å². The number of H-pyrrole nitrogens is 1. The molecule has 0 spiro atoms. The second-order valence-corrected chi connectivity index (χ2v) is 6.27. The van der Waals surface area contributed by atoms with Gasteiger partial charge < -0.3 is 9.72 Å². The van der Waals surface area contributed by atoms with Crippen LogP contribution in [0.3, 0.4) is 0 Å². The summed E-state index contributed by atoms with van der Waals surface area (Å²) in [6, 6.07) is 3.39. The summed E-state index contributed by atoms with van der Waals surface area (Å²) in [4.78, 5) is 22.0. The maximum absolute atomic E-state index is 12.5. The summed E-state index contributed by atoms with van der Waals surface area (Å²) < 4.78 is 5.75. The minimum Gasteiger partial charge on any atom is -0.457 e. The van der Waals surface area contributed by atoms with Gasteiger partial charge in [0.15, 0.2) is 0 Å². The van der Waals surface area contributed by atoms with E-state index in [1.807, 2.05) is 0 Å². The highest BCUT2D eigenvalue weighted by Crippen LogP contribution is 2.31. The zero-order valence-electron chi connectivity index (χ0n) is 11.5. The second-order valence-electron chi connectivity index (χ2n) is 5.83. The highest BCUT2D eigenvalue weighted by Gasteiger charge is 2.36. The van der Waals surface area contributed by atoms with E-state index in [9.17, 15) is 4.79 Å². The van der Waals surface area contributed by atoms with E-state index in [0.717, 1.165) is 38.0 Å². The number of rotatable bonds is 2. The van der Waals surface area contributed by atoms with Crippen LogP contribution < -0.4 is 0 Å². The summed E-state index contributed by atoms with van der Waals surface area (Å²) in [6.45, 7) is 3.10. The number of nitrogens with one attached hydrogen (secondary N) is 1. The van der Waals surface area contributed by atoms with Crippen LogP contribution in [0.2, 0.25) is 5.02 Å². The molecule has 3 aliphatic heterocycles. The first kappa shape index (κ1) is 13.1. The monoisotopic (exact) mass is 305 g/mol. The predicted octanol–water partition coefficient (Wildman–Crippen LogP) is 2.47. The summed E-state index contributed by atoms with van der Waals surface area (Å²) in [5.41, 5.74) is 1.81. The molecule has 2 aromatic rings. The molecule has 3 fully saturated rings. The van der Waals surface area contributed by atoms with E-state index in [4.69, 9.17) is 16.3 Å². The van der Waals surface area contributed by atoms with Gasteiger partial charge in [-0.1, -0.05) is 11.6 Å². The third-order valence-electron chi connectivity index (χ3n) is 4.56. The molecule has 4 heterocycles. The molecule has 5 nitrogen and oxygen atoms in total. The standard InChI is InChI=1S/C15H16ClN3O2/c16-10-5-11(14-12(6-10)17-8-18-14)15(20)21-13-7-19-3-1-9(13)2-4-19/h5-6,8-9,13H,1-4,7H2,(H,17,18)/t13-/m0/s1. The lowest BCUT2D eigenvalue weighted by molar-refractivity contribution is -0.0454. The predicted molar refractivity (Wildman–Crippen MR) is 79.5 cm³/mol. The van der Waals surface area contributed by atoms with Gasteiger partial charge in [-0.2, -0.15) is 0 Å². The van der Waals surface area contributed by atoms with Gasteiger partial charge >= 0.3 is 5.97 Å². The van der Waals surface area contributed by atoms with Crippen LogP contribution in [0.25, 0.3) is 11.0 Å². The smallest absolute Gasteiger partial charge is 0.340 e. The Morgan fingerprint density at radius 3 is 2.90 bits per heavy atom. The van der Waals surface area contributed by atoms with Crippen molar-refractivity contribution in [1.82, 2.24) is 14.9 Å². The summed E-state index contributed by atoms with van der Waals surface area (Å²) in [5.74, 6) is 0.168. The Hall–Kier alpha value is -1.59. The van der Waals surface area contributed by atoms with E-state index in [1.165, 1.54) is 0 Å². The highest BCUT2D eigenvalue weighted by atomic mass is 35.5. The number of imidazole rings is 1. The van der Waals surface area contributed by atoms with Crippen molar-refractivity contribution in [3.8, 4) is 0 Å². The molecule has 0 radical (unpaired) electrons. The summed E-state index contributed by atoms with van der Waals surface area (Å²) in [6.07, 6.45) is 3.79. The molecule has 1 aromatic heterocycles. The maximum atomic E-state index is 12.5. The quantitative estimate of drug-likeness (QED) is 0.866. The molecule has 0 unspecified atom stereocenters. The SMILES string of the molecule is O=C(O[C@H]1CN2CCC1CC2)c1cc(Cl)cc2[nH]cnc12. The Morgan fingerprint density at radius 2 is 2.19 bits per heavy atom. The van der Waals surface area contributed by atoms with Gasteiger partial charge in [-0.3, -0.25) is 4.90 Å². The number of ether oxygens (including phenoxy) is 1. The van der Waals surface area contributed by atoms with Crippen LogP contribution >= 0.6 is 11.6 Å². The van der Waals surface area contributed by atoms with Gasteiger partial charge in [-0.05, 0) is 44.0 Å². The average molecular weight is 306 g/mol. The molecule has 1 aromatic carbocycles. The van der Waals surface area contributed by atoms with Crippen molar-refractivity contribution in [1.29, 1.82) is 0 Å². The number of nitrogens with zero attached hydrogens (tertiary/aromatic N) is 2. The zero-order valence-corrected chi connectivity index (χ0v) is 12.3. The number of piperidine rings is 3. The zero-order chi connectivity index (χ0) is 14.4. The lowest BCUT2D eigenvalue weighted by Gasteiger charge is -2.43. The molecule has 5 rings (SSSR count). The normalized spacial score (nSPS) is 28.0. The van der Waals surface area contributed by atoms with Gasteiger partial charge in [0.1, 0.15) is 11.6 Å². The van der Waals surface area contributed by atoms with Gasteiger partial charge in [-0.25, -0.2) is 9.78 Å². The lowest BCUT2D eigenvalue weighted by atomic mass is 9.86. The first-order chi connectivity index (χ1) is 10.2. The van der Waals surface area contributed by atoms with Crippen molar-refractivity contribution < 1.29 is 9.53 Å². The average Bonchev–Trinajstić information content (AvgIpc) is 2.95. The van der Waals surface area contributed by atoms with Crippen LogP contribution in [0.15, 0.2) is 18.5 Å². The van der Waals surface area contributed by atoms with Crippen LogP contribution in [-0.4, -0.2) is 46.6 Å². The third kappa shape index (κ3) is 2.30. The van der Waals surface area contributed by atoms with E-state index >= 15 is 0 Å². The van der Waals surface area contributed by atoms with Gasteiger partial charge in [0.05, 0.1) is 17.4 Å². The van der Waals surface area contributed by atoms with Crippen molar-refractivity contribution in [2.75, 3.05) is 19.6 Å². The number of fused-ring (bicyclic) bond motifs is 4. The molecular weight excluding hydrogens is 290 g/mol. The Morgan fingerprint density at radius 1 is 1.38 bits per heavy atom. The van der Waals surface area contributed by atoms with E-state index in [2.05, 4.69) is 14.9 Å². The van der Waals surface area contributed by atoms with Crippen molar-refractivity contribution in [3.05, 3.63) is 29.0 Å². The number of aromatic nitrogens is 2. The molecular formula is C15H16ClN3O2. The van der Waals surface area contributed by atoms with Gasteiger partial charge in [0.25, 0.3) is 0 Å². The molecule has 21 heavy (non-hydrogen) atoms. The molecule has 6 heteroatoms. The summed E-state index contributed by atoms with van der Waals surface area (Å²) >= 11 is 6.07. The van der Waals surface area contributed by atoms with Gasteiger partial charge in [0, 0.05) is 11.6 Å². The fraction of sp³-hybridized carbons (Fsp3) is 0.467.